The summed E-state index contributed by atoms with van der Waals surface area (Å²) in [6.07, 6.45) is 1.47. The van der Waals surface area contributed by atoms with Crippen LogP contribution in [-0.4, -0.2) is 24.4 Å². The van der Waals surface area contributed by atoms with Crippen molar-refractivity contribution >= 4 is 23.4 Å². The fourth-order valence-corrected chi connectivity index (χ4v) is 2.04. The zero-order valence-corrected chi connectivity index (χ0v) is 13.5. The molecule has 0 fully saturated rings. The lowest BCUT2D eigenvalue weighted by atomic mass is 10.0. The smallest absolute Gasteiger partial charge is 0.251 e. The van der Waals surface area contributed by atoms with Gasteiger partial charge in [-0.3, -0.25) is 9.59 Å². The van der Waals surface area contributed by atoms with Gasteiger partial charge in [0, 0.05) is 17.1 Å². The van der Waals surface area contributed by atoms with Crippen LogP contribution in [-0.2, 0) is 4.79 Å². The van der Waals surface area contributed by atoms with E-state index in [1.54, 1.807) is 24.3 Å². The Hall–Kier alpha value is -1.55. The Kier molecular flexibility index (Phi) is 7.23. The SMILES string of the molecule is CCCNC(=O)C(CC(C)C)NC(=O)c1ccc(Cl)cc1. The van der Waals surface area contributed by atoms with Gasteiger partial charge in [-0.05, 0) is 43.0 Å². The second kappa shape index (κ2) is 8.67. The molecule has 2 N–H and O–H groups in total. The largest absolute Gasteiger partial charge is 0.354 e. The molecule has 116 valence electrons. The van der Waals surface area contributed by atoms with E-state index in [1.807, 2.05) is 20.8 Å². The van der Waals surface area contributed by atoms with E-state index in [4.69, 9.17) is 11.6 Å². The molecule has 0 bridgehead atoms. The van der Waals surface area contributed by atoms with Crippen LogP contribution in [0.15, 0.2) is 24.3 Å². The van der Waals surface area contributed by atoms with Crippen LogP contribution in [0.4, 0.5) is 0 Å². The van der Waals surface area contributed by atoms with Crippen molar-refractivity contribution in [3.05, 3.63) is 34.9 Å². The van der Waals surface area contributed by atoms with Crippen LogP contribution >= 0.6 is 11.6 Å². The van der Waals surface area contributed by atoms with Gasteiger partial charge in [0.25, 0.3) is 5.91 Å². The fourth-order valence-electron chi connectivity index (χ4n) is 1.92. The van der Waals surface area contributed by atoms with Gasteiger partial charge in [-0.15, -0.1) is 0 Å². The van der Waals surface area contributed by atoms with E-state index in [9.17, 15) is 9.59 Å². The predicted molar refractivity (Wildman–Crippen MR) is 85.5 cm³/mol. The molecule has 1 rings (SSSR count). The molecular formula is C16H23ClN2O2. The fraction of sp³-hybridized carbons (Fsp3) is 0.500. The van der Waals surface area contributed by atoms with Gasteiger partial charge in [-0.2, -0.15) is 0 Å². The summed E-state index contributed by atoms with van der Waals surface area (Å²) in [5.41, 5.74) is 0.497. The first-order chi connectivity index (χ1) is 9.93. The first kappa shape index (κ1) is 17.5. The summed E-state index contributed by atoms with van der Waals surface area (Å²) in [6, 6.07) is 6.10. The van der Waals surface area contributed by atoms with Crippen molar-refractivity contribution in [2.75, 3.05) is 6.54 Å². The summed E-state index contributed by atoms with van der Waals surface area (Å²) in [5.74, 6) is -0.0790. The molecule has 0 heterocycles. The van der Waals surface area contributed by atoms with E-state index in [-0.39, 0.29) is 11.8 Å². The van der Waals surface area contributed by atoms with Gasteiger partial charge in [-0.25, -0.2) is 0 Å². The molecule has 1 aromatic rings. The summed E-state index contributed by atoms with van der Waals surface area (Å²) in [4.78, 5) is 24.3. The Balaban J connectivity index is 2.72. The zero-order valence-electron chi connectivity index (χ0n) is 12.8. The summed E-state index contributed by atoms with van der Waals surface area (Å²) in [6.45, 7) is 6.65. The topological polar surface area (TPSA) is 58.2 Å². The third-order valence-corrected chi connectivity index (χ3v) is 3.24. The molecule has 21 heavy (non-hydrogen) atoms. The van der Waals surface area contributed by atoms with Gasteiger partial charge < -0.3 is 10.6 Å². The molecule has 1 aromatic carbocycles. The lowest BCUT2D eigenvalue weighted by molar-refractivity contribution is -0.123. The van der Waals surface area contributed by atoms with Gasteiger partial charge in [0.15, 0.2) is 0 Å². The van der Waals surface area contributed by atoms with E-state index < -0.39 is 6.04 Å². The minimum Gasteiger partial charge on any atom is -0.354 e. The molecule has 0 radical (unpaired) electrons. The second-order valence-electron chi connectivity index (χ2n) is 5.45. The molecule has 0 spiro atoms. The highest BCUT2D eigenvalue weighted by molar-refractivity contribution is 6.30. The van der Waals surface area contributed by atoms with E-state index >= 15 is 0 Å². The van der Waals surface area contributed by atoms with Crippen LogP contribution in [0.5, 0.6) is 0 Å². The predicted octanol–water partition coefficient (Wildman–Crippen LogP) is 3.01. The first-order valence-electron chi connectivity index (χ1n) is 7.28. The molecule has 4 nitrogen and oxygen atoms in total. The minimum absolute atomic E-state index is 0.132. The first-order valence-corrected chi connectivity index (χ1v) is 7.66. The molecule has 0 aliphatic carbocycles. The van der Waals surface area contributed by atoms with Crippen molar-refractivity contribution in [3.63, 3.8) is 0 Å². The van der Waals surface area contributed by atoms with Crippen LogP contribution < -0.4 is 10.6 Å². The summed E-state index contributed by atoms with van der Waals surface area (Å²) in [7, 11) is 0. The minimum atomic E-state index is -0.514. The third kappa shape index (κ3) is 6.17. The highest BCUT2D eigenvalue weighted by Crippen LogP contribution is 2.11. The van der Waals surface area contributed by atoms with Crippen molar-refractivity contribution < 1.29 is 9.59 Å². The lowest BCUT2D eigenvalue weighted by Gasteiger charge is -2.20. The molecule has 2 amide bonds. The van der Waals surface area contributed by atoms with Gasteiger partial charge in [0.2, 0.25) is 5.91 Å². The number of benzene rings is 1. The summed E-state index contributed by atoms with van der Waals surface area (Å²) < 4.78 is 0. The van der Waals surface area contributed by atoms with Gasteiger partial charge in [0.1, 0.15) is 6.04 Å². The maximum absolute atomic E-state index is 12.2. The molecule has 0 aliphatic rings. The van der Waals surface area contributed by atoms with E-state index in [0.29, 0.717) is 29.5 Å². The van der Waals surface area contributed by atoms with Gasteiger partial charge >= 0.3 is 0 Å². The highest BCUT2D eigenvalue weighted by atomic mass is 35.5. The Morgan fingerprint density at radius 1 is 1.19 bits per heavy atom. The van der Waals surface area contributed by atoms with Crippen molar-refractivity contribution in [2.45, 2.75) is 39.7 Å². The second-order valence-corrected chi connectivity index (χ2v) is 5.89. The summed E-state index contributed by atoms with van der Waals surface area (Å²) in [5, 5.41) is 6.20. The summed E-state index contributed by atoms with van der Waals surface area (Å²) >= 11 is 5.80. The van der Waals surface area contributed by atoms with Crippen molar-refractivity contribution in [3.8, 4) is 0 Å². The normalized spacial score (nSPS) is 12.0. The van der Waals surface area contributed by atoms with Crippen LogP contribution in [0.1, 0.15) is 44.0 Å². The number of nitrogens with one attached hydrogen (secondary N) is 2. The number of carbonyl (C=O) groups is 2. The zero-order chi connectivity index (χ0) is 15.8. The van der Waals surface area contributed by atoms with Crippen LogP contribution in [0.3, 0.4) is 0 Å². The number of hydrogen-bond acceptors (Lipinski definition) is 2. The molecule has 0 saturated heterocycles. The number of halogens is 1. The number of rotatable bonds is 7. The van der Waals surface area contributed by atoms with E-state index in [2.05, 4.69) is 10.6 Å². The van der Waals surface area contributed by atoms with Crippen molar-refractivity contribution in [1.82, 2.24) is 10.6 Å². The Labute approximate surface area is 131 Å². The number of hydrogen-bond donors (Lipinski definition) is 2. The molecule has 0 aliphatic heterocycles. The van der Waals surface area contributed by atoms with Crippen molar-refractivity contribution in [1.29, 1.82) is 0 Å². The Morgan fingerprint density at radius 3 is 2.33 bits per heavy atom. The average molecular weight is 311 g/mol. The third-order valence-electron chi connectivity index (χ3n) is 2.98. The Bertz CT molecular complexity index is 472. The molecule has 5 heteroatoms. The van der Waals surface area contributed by atoms with Gasteiger partial charge in [-0.1, -0.05) is 32.4 Å². The maximum Gasteiger partial charge on any atom is 0.251 e. The maximum atomic E-state index is 12.2. The highest BCUT2D eigenvalue weighted by Gasteiger charge is 2.22. The average Bonchev–Trinajstić information content (AvgIpc) is 2.44. The van der Waals surface area contributed by atoms with Crippen LogP contribution in [0.25, 0.3) is 0 Å². The number of carbonyl (C=O) groups excluding carboxylic acids is 2. The molecular weight excluding hydrogens is 288 g/mol. The Morgan fingerprint density at radius 2 is 1.81 bits per heavy atom. The monoisotopic (exact) mass is 310 g/mol. The standard InChI is InChI=1S/C16H23ClN2O2/c1-4-9-18-16(21)14(10-11(2)3)19-15(20)12-5-7-13(17)8-6-12/h5-8,11,14H,4,9-10H2,1-3H3,(H,18,21)(H,19,20). The van der Waals surface area contributed by atoms with Gasteiger partial charge in [0.05, 0.1) is 0 Å². The molecule has 1 unspecified atom stereocenters. The van der Waals surface area contributed by atoms with E-state index in [0.717, 1.165) is 6.42 Å². The van der Waals surface area contributed by atoms with Crippen LogP contribution in [0, 0.1) is 5.92 Å². The van der Waals surface area contributed by atoms with E-state index in [1.165, 1.54) is 0 Å². The van der Waals surface area contributed by atoms with Crippen molar-refractivity contribution in [2.24, 2.45) is 5.92 Å². The molecule has 0 aromatic heterocycles. The quantitative estimate of drug-likeness (QED) is 0.813. The molecule has 0 saturated carbocycles. The van der Waals surface area contributed by atoms with Crippen LogP contribution in [0.2, 0.25) is 5.02 Å². The molecule has 1 atom stereocenters. The lowest BCUT2D eigenvalue weighted by Crippen LogP contribution is -2.47. The number of amides is 2.